The van der Waals surface area contributed by atoms with Crippen molar-refractivity contribution in [1.29, 1.82) is 0 Å². The first-order valence-electron chi connectivity index (χ1n) is 10.9. The molecule has 5 heteroatoms. The lowest BCUT2D eigenvalue weighted by Crippen LogP contribution is -2.36. The van der Waals surface area contributed by atoms with Crippen LogP contribution < -0.4 is 0 Å². The van der Waals surface area contributed by atoms with E-state index < -0.39 is 11.0 Å². The van der Waals surface area contributed by atoms with Crippen LogP contribution >= 0.6 is 11.3 Å². The molecule has 1 aromatic heterocycles. The number of rotatable bonds is 7. The molecular formula is C26H36O4S. The van der Waals surface area contributed by atoms with Crippen molar-refractivity contribution in [3.8, 4) is 0 Å². The summed E-state index contributed by atoms with van der Waals surface area (Å²) in [7, 11) is 1.63. The van der Waals surface area contributed by atoms with Crippen LogP contribution in [-0.4, -0.2) is 24.5 Å². The highest BCUT2D eigenvalue weighted by molar-refractivity contribution is 7.12. The fourth-order valence-electron chi connectivity index (χ4n) is 4.29. The van der Waals surface area contributed by atoms with Crippen LogP contribution in [0.15, 0.2) is 46.1 Å². The van der Waals surface area contributed by atoms with Crippen LogP contribution in [0.3, 0.4) is 0 Å². The first-order valence-corrected chi connectivity index (χ1v) is 11.8. The van der Waals surface area contributed by atoms with Crippen LogP contribution in [0.2, 0.25) is 0 Å². The second kappa shape index (κ2) is 9.56. The number of allylic oxidation sites excluding steroid dienone is 3. The second-order valence-corrected chi connectivity index (χ2v) is 10.4. The van der Waals surface area contributed by atoms with E-state index in [1.165, 1.54) is 11.3 Å². The number of aryl methyl sites for hydroxylation is 1. The molecule has 0 saturated heterocycles. The van der Waals surface area contributed by atoms with Gasteiger partial charge in [-0.25, -0.2) is 4.79 Å². The molecule has 1 aliphatic carbocycles. The summed E-state index contributed by atoms with van der Waals surface area (Å²) in [5, 5.41) is 1.98. The third-order valence-electron chi connectivity index (χ3n) is 5.68. The fourth-order valence-corrected chi connectivity index (χ4v) is 5.11. The summed E-state index contributed by atoms with van der Waals surface area (Å²) in [4.78, 5) is 26.7. The molecule has 0 amide bonds. The molecule has 1 unspecified atom stereocenters. The van der Waals surface area contributed by atoms with Crippen molar-refractivity contribution < 1.29 is 19.1 Å². The Morgan fingerprint density at radius 2 is 1.84 bits per heavy atom. The Labute approximate surface area is 191 Å². The first-order chi connectivity index (χ1) is 14.4. The van der Waals surface area contributed by atoms with Crippen molar-refractivity contribution in [3.63, 3.8) is 0 Å². The molecule has 0 spiro atoms. The fraction of sp³-hybridized carbons (Fsp3) is 0.538. The summed E-state index contributed by atoms with van der Waals surface area (Å²) >= 11 is 1.46. The lowest BCUT2D eigenvalue weighted by molar-refractivity contribution is -0.149. The van der Waals surface area contributed by atoms with E-state index in [9.17, 15) is 9.59 Å². The van der Waals surface area contributed by atoms with E-state index in [1.54, 1.807) is 13.2 Å². The van der Waals surface area contributed by atoms with Gasteiger partial charge in [0.25, 0.3) is 0 Å². The summed E-state index contributed by atoms with van der Waals surface area (Å²) in [6, 6.07) is 1.91. The SMILES string of the molecule is CCC1=C(OC)C(C=CC(=O)c2cc(C)cs2)C(C)(C)C(CC)=C1C(=O)OC(C)(C)C. The summed E-state index contributed by atoms with van der Waals surface area (Å²) in [6.45, 7) is 15.9. The lowest BCUT2D eigenvalue weighted by atomic mass is 9.64. The van der Waals surface area contributed by atoms with Gasteiger partial charge >= 0.3 is 5.97 Å². The maximum atomic E-state index is 13.2. The molecule has 0 N–H and O–H groups in total. The predicted molar refractivity (Wildman–Crippen MR) is 127 cm³/mol. The number of hydrogen-bond donors (Lipinski definition) is 0. The van der Waals surface area contributed by atoms with Gasteiger partial charge in [-0.15, -0.1) is 11.3 Å². The number of methoxy groups -OCH3 is 1. The number of hydrogen-bond acceptors (Lipinski definition) is 5. The molecule has 0 aliphatic heterocycles. The number of thiophene rings is 1. The molecule has 31 heavy (non-hydrogen) atoms. The van der Waals surface area contributed by atoms with E-state index >= 15 is 0 Å². The Bertz CT molecular complexity index is 935. The molecule has 170 valence electrons. The minimum absolute atomic E-state index is 0.0117. The van der Waals surface area contributed by atoms with Gasteiger partial charge in [0.05, 0.1) is 17.6 Å². The average molecular weight is 445 g/mol. The van der Waals surface area contributed by atoms with E-state index in [1.807, 2.05) is 52.1 Å². The summed E-state index contributed by atoms with van der Waals surface area (Å²) in [6.07, 6.45) is 4.94. The first kappa shape index (κ1) is 25.1. The summed E-state index contributed by atoms with van der Waals surface area (Å²) in [5.41, 5.74) is 2.62. The molecule has 0 fully saturated rings. The smallest absolute Gasteiger partial charge is 0.339 e. The van der Waals surface area contributed by atoms with Gasteiger partial charge < -0.3 is 9.47 Å². The zero-order chi connectivity index (χ0) is 23.6. The Kier molecular flexibility index (Phi) is 7.75. The lowest BCUT2D eigenvalue weighted by Gasteiger charge is -2.42. The summed E-state index contributed by atoms with van der Waals surface area (Å²) in [5.74, 6) is 0.259. The van der Waals surface area contributed by atoms with Crippen LogP contribution in [0.25, 0.3) is 0 Å². The van der Waals surface area contributed by atoms with Crippen molar-refractivity contribution in [2.75, 3.05) is 7.11 Å². The van der Waals surface area contributed by atoms with E-state index in [0.717, 1.165) is 27.3 Å². The van der Waals surface area contributed by atoms with E-state index in [2.05, 4.69) is 20.8 Å². The normalized spacial score (nSPS) is 19.2. The number of ketones is 1. The molecule has 2 rings (SSSR count). The van der Waals surface area contributed by atoms with Crippen molar-refractivity contribution >= 4 is 23.1 Å². The monoisotopic (exact) mass is 444 g/mol. The minimum atomic E-state index is -0.582. The quantitative estimate of drug-likeness (QED) is 0.263. The molecule has 1 aliphatic rings. The number of ether oxygens (including phenoxy) is 2. The summed E-state index contributed by atoms with van der Waals surface area (Å²) < 4.78 is 11.6. The molecule has 0 radical (unpaired) electrons. The Balaban J connectivity index is 2.57. The van der Waals surface area contributed by atoms with Gasteiger partial charge in [-0.3, -0.25) is 4.79 Å². The van der Waals surface area contributed by atoms with Crippen molar-refractivity contribution in [3.05, 3.63) is 56.5 Å². The Morgan fingerprint density at radius 3 is 2.29 bits per heavy atom. The second-order valence-electron chi connectivity index (χ2n) is 9.52. The van der Waals surface area contributed by atoms with Gasteiger partial charge in [0.2, 0.25) is 0 Å². The van der Waals surface area contributed by atoms with Crippen LogP contribution in [0.5, 0.6) is 0 Å². The Hall–Kier alpha value is -2.14. The number of esters is 1. The molecule has 1 atom stereocenters. The van der Waals surface area contributed by atoms with Gasteiger partial charge in [-0.2, -0.15) is 0 Å². The molecule has 0 saturated carbocycles. The van der Waals surface area contributed by atoms with Crippen molar-refractivity contribution in [2.45, 2.75) is 73.8 Å². The van der Waals surface area contributed by atoms with Gasteiger partial charge in [-0.05, 0) is 69.2 Å². The third kappa shape index (κ3) is 5.38. The van der Waals surface area contributed by atoms with Crippen molar-refractivity contribution in [2.24, 2.45) is 11.3 Å². The molecular weight excluding hydrogens is 408 g/mol. The highest BCUT2D eigenvalue weighted by Crippen LogP contribution is 2.50. The van der Waals surface area contributed by atoms with Gasteiger partial charge in [-0.1, -0.05) is 33.8 Å². The Morgan fingerprint density at radius 1 is 1.19 bits per heavy atom. The third-order valence-corrected chi connectivity index (χ3v) is 6.74. The molecule has 0 bridgehead atoms. The standard InChI is InChI=1S/C26H36O4S/c1-10-17-22(24(28)30-25(4,5)6)18(11-2)26(7,8)19(23(17)29-9)12-13-20(27)21-14-16(3)15-31-21/h12-15,19H,10-11H2,1-9H3. The maximum Gasteiger partial charge on any atom is 0.339 e. The van der Waals surface area contributed by atoms with E-state index in [4.69, 9.17) is 9.47 Å². The van der Waals surface area contributed by atoms with Crippen LogP contribution in [0.4, 0.5) is 0 Å². The van der Waals surface area contributed by atoms with Crippen molar-refractivity contribution in [1.82, 2.24) is 0 Å². The molecule has 1 heterocycles. The predicted octanol–water partition coefficient (Wildman–Crippen LogP) is 6.81. The average Bonchev–Trinajstić information content (AvgIpc) is 3.10. The topological polar surface area (TPSA) is 52.6 Å². The number of carbonyl (C=O) groups is 2. The van der Waals surface area contributed by atoms with Gasteiger partial charge in [0.1, 0.15) is 11.4 Å². The zero-order valence-corrected chi connectivity index (χ0v) is 21.2. The molecule has 1 aromatic rings. The van der Waals surface area contributed by atoms with Crippen LogP contribution in [0.1, 0.15) is 76.5 Å². The van der Waals surface area contributed by atoms with Gasteiger partial charge in [0, 0.05) is 16.9 Å². The minimum Gasteiger partial charge on any atom is -0.500 e. The van der Waals surface area contributed by atoms with E-state index in [0.29, 0.717) is 18.4 Å². The van der Waals surface area contributed by atoms with Crippen LogP contribution in [0, 0.1) is 18.3 Å². The largest absolute Gasteiger partial charge is 0.500 e. The van der Waals surface area contributed by atoms with Gasteiger partial charge in [0.15, 0.2) is 5.78 Å². The molecule has 0 aromatic carbocycles. The number of carbonyl (C=O) groups excluding carboxylic acids is 2. The highest BCUT2D eigenvalue weighted by atomic mass is 32.1. The zero-order valence-electron chi connectivity index (χ0n) is 20.3. The van der Waals surface area contributed by atoms with Crippen LogP contribution in [-0.2, 0) is 14.3 Å². The van der Waals surface area contributed by atoms with E-state index in [-0.39, 0.29) is 17.7 Å². The maximum absolute atomic E-state index is 13.2. The highest BCUT2D eigenvalue weighted by Gasteiger charge is 2.44. The molecule has 4 nitrogen and oxygen atoms in total.